The number of rotatable bonds is 8. The summed E-state index contributed by atoms with van der Waals surface area (Å²) in [6.07, 6.45) is -2.33. The molecule has 33 heavy (non-hydrogen) atoms. The molecule has 11 heteroatoms. The lowest BCUT2D eigenvalue weighted by Gasteiger charge is -2.30. The Hall–Kier alpha value is -3.60. The highest BCUT2D eigenvalue weighted by Crippen LogP contribution is 2.40. The molecule has 1 aromatic carbocycles. The smallest absolute Gasteiger partial charge is 0.433 e. The number of carbonyl (C=O) groups is 2. The van der Waals surface area contributed by atoms with Crippen LogP contribution in [0.5, 0.6) is 0 Å². The number of allylic oxidation sites excluding steroid dienone is 2. The maximum Gasteiger partial charge on any atom is 0.513 e. The maximum absolute atomic E-state index is 12.4. The van der Waals surface area contributed by atoms with E-state index in [1.165, 1.54) is 18.2 Å². The lowest BCUT2D eigenvalue weighted by molar-refractivity contribution is -0.384. The van der Waals surface area contributed by atoms with E-state index in [1.807, 2.05) is 19.0 Å². The predicted octanol–water partition coefficient (Wildman–Crippen LogP) is 4.02. The van der Waals surface area contributed by atoms with Crippen LogP contribution in [0.15, 0.2) is 47.2 Å². The summed E-state index contributed by atoms with van der Waals surface area (Å²) in [7, 11) is 3.66. The SMILES string of the molecule is CC1=C(OC(=O)OCCN(C)C)C(c2cccc([N+](=O)[O-])c2)C(OC(=O)OC(C)C)=C(C)N1. The van der Waals surface area contributed by atoms with Crippen molar-refractivity contribution in [3.8, 4) is 0 Å². The third-order valence-corrected chi connectivity index (χ3v) is 4.53. The third kappa shape index (κ3) is 7.21. The van der Waals surface area contributed by atoms with Crippen LogP contribution in [-0.2, 0) is 18.9 Å². The number of nitrogens with zero attached hydrogens (tertiary/aromatic N) is 2. The highest BCUT2D eigenvalue weighted by atomic mass is 16.7. The van der Waals surface area contributed by atoms with Crippen LogP contribution in [0, 0.1) is 10.1 Å². The van der Waals surface area contributed by atoms with E-state index in [0.29, 0.717) is 23.5 Å². The van der Waals surface area contributed by atoms with Crippen molar-refractivity contribution in [2.45, 2.75) is 39.7 Å². The summed E-state index contributed by atoms with van der Waals surface area (Å²) in [5.41, 5.74) is 1.13. The molecule has 1 aliphatic rings. The minimum atomic E-state index is -0.955. The summed E-state index contributed by atoms with van der Waals surface area (Å²) in [5, 5.41) is 14.3. The number of dihydropyridines is 1. The second kappa shape index (κ2) is 11.3. The van der Waals surface area contributed by atoms with Crippen LogP contribution in [0.2, 0.25) is 0 Å². The molecule has 1 N–H and O–H groups in total. The van der Waals surface area contributed by atoms with Crippen LogP contribution in [0.25, 0.3) is 0 Å². The molecule has 0 bridgehead atoms. The number of hydrogen-bond donors (Lipinski definition) is 1. The van der Waals surface area contributed by atoms with Crippen LogP contribution >= 0.6 is 0 Å². The van der Waals surface area contributed by atoms with E-state index in [-0.39, 0.29) is 23.8 Å². The van der Waals surface area contributed by atoms with Crippen molar-refractivity contribution in [3.05, 3.63) is 62.9 Å². The fourth-order valence-corrected chi connectivity index (χ4v) is 3.09. The second-order valence-corrected chi connectivity index (χ2v) is 7.91. The third-order valence-electron chi connectivity index (χ3n) is 4.53. The zero-order valence-electron chi connectivity index (χ0n) is 19.5. The molecule has 0 aromatic heterocycles. The minimum absolute atomic E-state index is 0.0860. The van der Waals surface area contributed by atoms with Gasteiger partial charge < -0.3 is 29.2 Å². The van der Waals surface area contributed by atoms with Gasteiger partial charge in [0.25, 0.3) is 5.69 Å². The Morgan fingerprint density at radius 1 is 1.12 bits per heavy atom. The molecule has 180 valence electrons. The van der Waals surface area contributed by atoms with E-state index >= 15 is 0 Å². The molecule has 0 spiro atoms. The van der Waals surface area contributed by atoms with Gasteiger partial charge in [-0.2, -0.15) is 0 Å². The average Bonchev–Trinajstić information content (AvgIpc) is 2.70. The molecular weight excluding hydrogens is 434 g/mol. The summed E-state index contributed by atoms with van der Waals surface area (Å²) < 4.78 is 21.2. The summed E-state index contributed by atoms with van der Waals surface area (Å²) >= 11 is 0. The van der Waals surface area contributed by atoms with Gasteiger partial charge in [0.15, 0.2) is 0 Å². The standard InChI is InChI=1S/C22H29N3O8/c1-13(2)31-22(27)33-20-15(4)23-14(3)19(32-21(26)30-11-10-24(5)6)18(20)16-8-7-9-17(12-16)25(28)29/h7-9,12-13,18,23H,10-11H2,1-6H3. The summed E-state index contributed by atoms with van der Waals surface area (Å²) in [6, 6.07) is 5.77. The van der Waals surface area contributed by atoms with Crippen molar-refractivity contribution in [1.82, 2.24) is 10.2 Å². The van der Waals surface area contributed by atoms with Gasteiger partial charge in [-0.3, -0.25) is 10.1 Å². The number of nitro groups is 1. The number of hydrogen-bond acceptors (Lipinski definition) is 10. The van der Waals surface area contributed by atoms with Gasteiger partial charge in [0.2, 0.25) is 0 Å². The van der Waals surface area contributed by atoms with Gasteiger partial charge >= 0.3 is 12.3 Å². The van der Waals surface area contributed by atoms with Crippen LogP contribution in [-0.4, -0.2) is 55.5 Å². The molecule has 0 saturated carbocycles. The first kappa shape index (κ1) is 25.7. The topological polar surface area (TPSA) is 129 Å². The molecule has 1 aliphatic heterocycles. The number of nitrogens with one attached hydrogen (secondary N) is 1. The second-order valence-electron chi connectivity index (χ2n) is 7.91. The Morgan fingerprint density at radius 2 is 1.73 bits per heavy atom. The van der Waals surface area contributed by atoms with Gasteiger partial charge in [0.1, 0.15) is 24.0 Å². The summed E-state index contributed by atoms with van der Waals surface area (Å²) in [5.74, 6) is -0.765. The zero-order valence-corrected chi connectivity index (χ0v) is 19.5. The predicted molar refractivity (Wildman–Crippen MR) is 118 cm³/mol. The highest BCUT2D eigenvalue weighted by molar-refractivity contribution is 5.65. The molecule has 0 radical (unpaired) electrons. The zero-order chi connectivity index (χ0) is 24.7. The molecule has 0 amide bonds. The van der Waals surface area contributed by atoms with Gasteiger partial charge in [-0.1, -0.05) is 12.1 Å². The largest absolute Gasteiger partial charge is 0.513 e. The van der Waals surface area contributed by atoms with E-state index < -0.39 is 29.3 Å². The van der Waals surface area contributed by atoms with Gasteiger partial charge in [-0.25, -0.2) is 9.59 Å². The molecule has 0 saturated heterocycles. The molecule has 2 rings (SSSR count). The number of carbonyl (C=O) groups excluding carboxylic acids is 2. The fourth-order valence-electron chi connectivity index (χ4n) is 3.09. The number of ether oxygens (including phenoxy) is 4. The molecular formula is C22H29N3O8. The first-order chi connectivity index (χ1) is 15.5. The first-order valence-corrected chi connectivity index (χ1v) is 10.3. The summed E-state index contributed by atoms with van der Waals surface area (Å²) in [6.45, 7) is 7.27. The Kier molecular flexibility index (Phi) is 8.80. The Bertz CT molecular complexity index is 968. The van der Waals surface area contributed by atoms with Crippen molar-refractivity contribution in [2.24, 2.45) is 0 Å². The number of nitro benzene ring substituents is 1. The molecule has 0 fully saturated rings. The first-order valence-electron chi connectivity index (χ1n) is 10.3. The van der Waals surface area contributed by atoms with E-state index in [9.17, 15) is 19.7 Å². The van der Waals surface area contributed by atoms with Crippen molar-refractivity contribution in [1.29, 1.82) is 0 Å². The highest BCUT2D eigenvalue weighted by Gasteiger charge is 2.36. The minimum Gasteiger partial charge on any atom is -0.433 e. The van der Waals surface area contributed by atoms with Gasteiger partial charge in [0, 0.05) is 18.7 Å². The van der Waals surface area contributed by atoms with Crippen LogP contribution < -0.4 is 5.32 Å². The molecule has 0 aliphatic carbocycles. The van der Waals surface area contributed by atoms with Crippen molar-refractivity contribution in [3.63, 3.8) is 0 Å². The van der Waals surface area contributed by atoms with Crippen LogP contribution in [0.1, 0.15) is 39.2 Å². The monoisotopic (exact) mass is 463 g/mol. The molecule has 1 unspecified atom stereocenters. The van der Waals surface area contributed by atoms with Crippen LogP contribution in [0.4, 0.5) is 15.3 Å². The number of non-ortho nitro benzene ring substituents is 1. The van der Waals surface area contributed by atoms with E-state index in [4.69, 9.17) is 18.9 Å². The Morgan fingerprint density at radius 3 is 2.27 bits per heavy atom. The quantitative estimate of drug-likeness (QED) is 0.343. The van der Waals surface area contributed by atoms with E-state index in [0.717, 1.165) is 0 Å². The normalized spacial score (nSPS) is 15.9. The Labute approximate surface area is 192 Å². The van der Waals surface area contributed by atoms with Crippen molar-refractivity contribution in [2.75, 3.05) is 27.2 Å². The summed E-state index contributed by atoms with van der Waals surface area (Å²) in [4.78, 5) is 37.3. The van der Waals surface area contributed by atoms with Gasteiger partial charge in [0.05, 0.1) is 22.4 Å². The molecule has 1 heterocycles. The van der Waals surface area contributed by atoms with Crippen LogP contribution in [0.3, 0.4) is 0 Å². The fraction of sp³-hybridized carbons (Fsp3) is 0.455. The maximum atomic E-state index is 12.4. The number of likely N-dealkylation sites (N-methyl/N-ethyl adjacent to an activating group) is 1. The molecule has 11 nitrogen and oxygen atoms in total. The molecule has 1 atom stereocenters. The number of benzene rings is 1. The van der Waals surface area contributed by atoms with E-state index in [1.54, 1.807) is 33.8 Å². The Balaban J connectivity index is 2.44. The van der Waals surface area contributed by atoms with Gasteiger partial charge in [-0.15, -0.1) is 0 Å². The lowest BCUT2D eigenvalue weighted by atomic mass is 9.90. The van der Waals surface area contributed by atoms with E-state index in [2.05, 4.69) is 5.32 Å². The van der Waals surface area contributed by atoms with Crippen molar-refractivity contribution < 1.29 is 33.5 Å². The average molecular weight is 463 g/mol. The van der Waals surface area contributed by atoms with Crippen molar-refractivity contribution >= 4 is 18.0 Å². The van der Waals surface area contributed by atoms with Gasteiger partial charge in [-0.05, 0) is 47.4 Å². The molecule has 1 aromatic rings. The lowest BCUT2D eigenvalue weighted by Crippen LogP contribution is -2.30.